The molecular formula is C34H46Na2O7S. The van der Waals surface area contributed by atoms with E-state index < -0.39 is 34.5 Å². The van der Waals surface area contributed by atoms with Crippen LogP contribution >= 0.6 is 11.8 Å². The minimum absolute atomic E-state index is 0. The van der Waals surface area contributed by atoms with Gasteiger partial charge in [-0.05, 0) is 55.4 Å². The average molecular weight is 645 g/mol. The number of fused-ring (bicyclic) bond motifs is 1. The van der Waals surface area contributed by atoms with Crippen LogP contribution in [0, 0.1) is 0 Å². The number of aliphatic hydroxyl groups is 1. The van der Waals surface area contributed by atoms with Crippen molar-refractivity contribution >= 4 is 93.8 Å². The number of carboxylic acids is 2. The van der Waals surface area contributed by atoms with E-state index in [1.54, 1.807) is 6.07 Å². The van der Waals surface area contributed by atoms with Gasteiger partial charge >= 0.3 is 71.1 Å². The Morgan fingerprint density at radius 3 is 2.23 bits per heavy atom. The average Bonchev–Trinajstić information content (AvgIpc) is 2.96. The number of carbonyl (C=O) groups is 2. The Kier molecular flexibility index (Phi) is 20.1. The number of aromatic carboxylic acids is 1. The first-order chi connectivity index (χ1) is 20.2. The second-order valence-electron chi connectivity index (χ2n) is 11.0. The number of hydrogen-bond donors (Lipinski definition) is 3. The first-order valence-corrected chi connectivity index (χ1v) is 16.1. The van der Waals surface area contributed by atoms with Gasteiger partial charge in [0.1, 0.15) is 5.58 Å². The van der Waals surface area contributed by atoms with Crippen LogP contribution in [0.2, 0.25) is 0 Å². The van der Waals surface area contributed by atoms with Crippen molar-refractivity contribution in [1.82, 2.24) is 0 Å². The molecule has 1 heterocycles. The molecule has 0 aliphatic carbocycles. The Morgan fingerprint density at radius 1 is 0.864 bits per heavy atom. The number of aliphatic hydroxyl groups excluding tert-OH is 1. The van der Waals surface area contributed by atoms with Gasteiger partial charge in [0, 0.05) is 22.9 Å². The van der Waals surface area contributed by atoms with Crippen LogP contribution in [0.3, 0.4) is 0 Å². The summed E-state index contributed by atoms with van der Waals surface area (Å²) in [5.41, 5.74) is 2.74. The van der Waals surface area contributed by atoms with Crippen LogP contribution in [0.4, 0.5) is 0 Å². The Morgan fingerprint density at radius 2 is 1.57 bits per heavy atom. The molecule has 0 aliphatic heterocycles. The zero-order valence-electron chi connectivity index (χ0n) is 24.8. The van der Waals surface area contributed by atoms with E-state index >= 15 is 0 Å². The Hall–Kier alpha value is -1.10. The molecule has 0 saturated heterocycles. The fraction of sp³-hybridized carbons (Fsp3) is 0.500. The molecule has 0 aliphatic rings. The van der Waals surface area contributed by atoms with Crippen LogP contribution in [0.5, 0.6) is 0 Å². The van der Waals surface area contributed by atoms with Crippen molar-refractivity contribution in [2.24, 2.45) is 0 Å². The molecule has 10 heteroatoms. The van der Waals surface area contributed by atoms with Crippen LogP contribution in [-0.2, 0) is 17.6 Å². The van der Waals surface area contributed by atoms with Crippen LogP contribution < -0.4 is 5.43 Å². The van der Waals surface area contributed by atoms with Gasteiger partial charge in [-0.2, -0.15) is 0 Å². The fourth-order valence-electron chi connectivity index (χ4n) is 5.29. The molecule has 232 valence electrons. The van der Waals surface area contributed by atoms with Gasteiger partial charge in [-0.15, -0.1) is 11.8 Å². The van der Waals surface area contributed by atoms with Gasteiger partial charge in [-0.1, -0.05) is 83.1 Å². The van der Waals surface area contributed by atoms with Crippen molar-refractivity contribution in [2.45, 2.75) is 114 Å². The molecule has 3 rings (SSSR count). The van der Waals surface area contributed by atoms with Crippen LogP contribution in [0.15, 0.2) is 56.6 Å². The number of aliphatic carboxylic acids is 1. The van der Waals surface area contributed by atoms with E-state index in [0.717, 1.165) is 41.4 Å². The SMILES string of the molecule is CCCCCCCCCc1cccc(C(Sc2ccc3c(=O)cc(C(=O)O)oc3c2CCC)C(O)CCCC(=O)O)c1.[NaH].[NaH]. The molecule has 0 radical (unpaired) electrons. The first-order valence-electron chi connectivity index (χ1n) is 15.2. The zero-order chi connectivity index (χ0) is 30.5. The maximum atomic E-state index is 12.7. The number of thioether (sulfide) groups is 1. The van der Waals surface area contributed by atoms with Gasteiger partial charge in [0.15, 0.2) is 5.43 Å². The summed E-state index contributed by atoms with van der Waals surface area (Å²) in [6.07, 6.45) is 10.7. The third kappa shape index (κ3) is 12.6. The molecule has 0 amide bonds. The summed E-state index contributed by atoms with van der Waals surface area (Å²) in [6.45, 7) is 4.22. The van der Waals surface area contributed by atoms with Crippen molar-refractivity contribution in [2.75, 3.05) is 0 Å². The molecule has 2 aromatic carbocycles. The van der Waals surface area contributed by atoms with Crippen molar-refractivity contribution < 1.29 is 29.3 Å². The molecule has 0 saturated carbocycles. The van der Waals surface area contributed by atoms with Gasteiger partial charge in [0.05, 0.1) is 16.7 Å². The molecule has 0 bridgehead atoms. The number of carboxylic acid groups (broad SMARTS) is 2. The number of benzene rings is 2. The van der Waals surface area contributed by atoms with E-state index in [2.05, 4.69) is 19.1 Å². The molecule has 3 aromatic rings. The summed E-state index contributed by atoms with van der Waals surface area (Å²) < 4.78 is 5.73. The summed E-state index contributed by atoms with van der Waals surface area (Å²) in [7, 11) is 0. The molecular weight excluding hydrogens is 598 g/mol. The predicted octanol–water partition coefficient (Wildman–Crippen LogP) is 6.89. The van der Waals surface area contributed by atoms with E-state index in [0.29, 0.717) is 24.6 Å². The zero-order valence-corrected chi connectivity index (χ0v) is 25.6. The Labute approximate surface area is 309 Å². The number of aryl methyl sites for hydroxylation is 2. The van der Waals surface area contributed by atoms with Crippen molar-refractivity contribution in [1.29, 1.82) is 0 Å². The maximum absolute atomic E-state index is 12.7. The molecule has 7 nitrogen and oxygen atoms in total. The molecule has 0 fully saturated rings. The van der Waals surface area contributed by atoms with Crippen LogP contribution in [0.25, 0.3) is 11.0 Å². The van der Waals surface area contributed by atoms with Gasteiger partial charge in [-0.3, -0.25) is 9.59 Å². The summed E-state index contributed by atoms with van der Waals surface area (Å²) in [4.78, 5) is 36.2. The summed E-state index contributed by atoms with van der Waals surface area (Å²) in [5, 5.41) is 29.9. The molecule has 2 atom stereocenters. The second-order valence-corrected chi connectivity index (χ2v) is 12.1. The van der Waals surface area contributed by atoms with Crippen molar-refractivity contribution in [3.05, 3.63) is 75.1 Å². The normalized spacial score (nSPS) is 12.2. The minimum atomic E-state index is -1.31. The second kappa shape index (κ2) is 21.6. The Bertz CT molecular complexity index is 1390. The summed E-state index contributed by atoms with van der Waals surface area (Å²) >= 11 is 1.45. The van der Waals surface area contributed by atoms with Gasteiger partial charge in [0.2, 0.25) is 5.76 Å². The van der Waals surface area contributed by atoms with Gasteiger partial charge < -0.3 is 19.7 Å². The molecule has 44 heavy (non-hydrogen) atoms. The molecule has 2 unspecified atom stereocenters. The number of unbranched alkanes of at least 4 members (excludes halogenated alkanes) is 6. The van der Waals surface area contributed by atoms with E-state index in [1.807, 2.05) is 25.1 Å². The fourth-order valence-corrected chi connectivity index (χ4v) is 6.62. The standard InChI is InChI=1S/C34H44O7S.2Na.2H/c1-3-5-6-7-8-9-10-14-23-15-11-16-24(21-23)33(27(35)17-12-18-31(37)38)42-30-20-19-25-28(36)22-29(34(39)40)41-32(25)26(30)13-4-2;;;;/h11,15-16,19-22,27,33,35H,3-10,12-14,17-18H2,1-2H3,(H,37,38)(H,39,40);;;;. The van der Waals surface area contributed by atoms with Crippen molar-refractivity contribution in [3.8, 4) is 0 Å². The van der Waals surface area contributed by atoms with Gasteiger partial charge in [0.25, 0.3) is 0 Å². The van der Waals surface area contributed by atoms with E-state index in [-0.39, 0.29) is 71.1 Å². The van der Waals surface area contributed by atoms with Crippen LogP contribution in [-0.4, -0.2) is 92.5 Å². The summed E-state index contributed by atoms with van der Waals surface area (Å²) in [5.74, 6) is -2.61. The molecule has 3 N–H and O–H groups in total. The van der Waals surface area contributed by atoms with E-state index in [4.69, 9.17) is 9.52 Å². The first kappa shape index (κ1) is 40.9. The summed E-state index contributed by atoms with van der Waals surface area (Å²) in [6, 6.07) is 12.7. The quantitative estimate of drug-likeness (QED) is 0.0732. The van der Waals surface area contributed by atoms with Crippen molar-refractivity contribution in [3.63, 3.8) is 0 Å². The Balaban J connectivity index is 0.00000484. The van der Waals surface area contributed by atoms with E-state index in [9.17, 15) is 24.6 Å². The number of hydrogen-bond acceptors (Lipinski definition) is 6. The topological polar surface area (TPSA) is 125 Å². The molecule has 0 spiro atoms. The van der Waals surface area contributed by atoms with Gasteiger partial charge in [-0.25, -0.2) is 4.79 Å². The molecule has 1 aromatic heterocycles. The van der Waals surface area contributed by atoms with Crippen LogP contribution in [0.1, 0.15) is 117 Å². The van der Waals surface area contributed by atoms with E-state index in [1.165, 1.54) is 55.9 Å². The number of rotatable bonds is 19. The predicted molar refractivity (Wildman–Crippen MR) is 182 cm³/mol. The third-order valence-corrected chi connectivity index (χ3v) is 8.99. The monoisotopic (exact) mass is 644 g/mol. The third-order valence-electron chi connectivity index (χ3n) is 7.51.